The highest BCUT2D eigenvalue weighted by Crippen LogP contribution is 2.29. The molecule has 1 heterocycles. The van der Waals surface area contributed by atoms with Crippen molar-refractivity contribution in [3.05, 3.63) is 94.5 Å². The van der Waals surface area contributed by atoms with Crippen LogP contribution < -0.4 is 10.2 Å². The Hall–Kier alpha value is -3.40. The monoisotopic (exact) mass is 370 g/mol. The summed E-state index contributed by atoms with van der Waals surface area (Å²) in [5.74, 6) is -0.173. The maximum atomic E-state index is 12.9. The summed E-state index contributed by atoms with van der Waals surface area (Å²) in [5.41, 5.74) is 6.33. The maximum absolute atomic E-state index is 12.9. The molecule has 0 saturated heterocycles. The zero-order chi connectivity index (χ0) is 19.7. The van der Waals surface area contributed by atoms with Crippen molar-refractivity contribution in [2.24, 2.45) is 0 Å². The molecule has 0 saturated carbocycles. The Morgan fingerprint density at radius 1 is 0.857 bits per heavy atom. The minimum Gasteiger partial charge on any atom is -0.322 e. The Morgan fingerprint density at radius 3 is 2.32 bits per heavy atom. The molecule has 4 rings (SSSR count). The number of fused-ring (bicyclic) bond motifs is 1. The fraction of sp³-hybridized carbons (Fsp3) is 0.167. The molecule has 28 heavy (non-hydrogen) atoms. The molecule has 2 amide bonds. The van der Waals surface area contributed by atoms with Crippen molar-refractivity contribution in [1.29, 1.82) is 0 Å². The van der Waals surface area contributed by atoms with Crippen LogP contribution in [0.2, 0.25) is 0 Å². The van der Waals surface area contributed by atoms with Gasteiger partial charge in [0.25, 0.3) is 11.8 Å². The van der Waals surface area contributed by atoms with E-state index in [-0.39, 0.29) is 11.8 Å². The lowest BCUT2D eigenvalue weighted by molar-refractivity contribution is 0.0988. The lowest BCUT2D eigenvalue weighted by Crippen LogP contribution is -2.28. The predicted octanol–water partition coefficient (Wildman–Crippen LogP) is 4.76. The number of nitrogens with zero attached hydrogens (tertiary/aromatic N) is 1. The molecule has 0 unspecified atom stereocenters. The number of hydrogen-bond acceptors (Lipinski definition) is 2. The smallest absolute Gasteiger partial charge is 0.258 e. The standard InChI is InChI=1S/C24H22N2O2/c1-16-7-8-20(15-17(16)2)23(27)25-21-11-9-19(10-12-21)24(28)26-14-13-18-5-3-4-6-22(18)26/h3-12,15H,13-14H2,1-2H3,(H,25,27). The summed E-state index contributed by atoms with van der Waals surface area (Å²) in [6.07, 6.45) is 0.881. The van der Waals surface area contributed by atoms with Gasteiger partial charge in [-0.3, -0.25) is 9.59 Å². The third kappa shape index (κ3) is 3.41. The number of para-hydroxylation sites is 1. The fourth-order valence-electron chi connectivity index (χ4n) is 3.49. The van der Waals surface area contributed by atoms with Crippen molar-refractivity contribution in [2.75, 3.05) is 16.8 Å². The minimum absolute atomic E-state index is 0.0167. The molecule has 0 bridgehead atoms. The van der Waals surface area contributed by atoms with Gasteiger partial charge >= 0.3 is 0 Å². The van der Waals surface area contributed by atoms with Crippen LogP contribution in [0.3, 0.4) is 0 Å². The topological polar surface area (TPSA) is 49.4 Å². The summed E-state index contributed by atoms with van der Waals surface area (Å²) in [6, 6.07) is 20.7. The molecule has 4 heteroatoms. The number of hydrogen-bond donors (Lipinski definition) is 1. The number of aryl methyl sites for hydroxylation is 2. The molecule has 0 fully saturated rings. The summed E-state index contributed by atoms with van der Waals surface area (Å²) in [4.78, 5) is 27.1. The highest BCUT2D eigenvalue weighted by Gasteiger charge is 2.25. The molecule has 1 aliphatic heterocycles. The van der Waals surface area contributed by atoms with Gasteiger partial charge in [-0.05, 0) is 79.4 Å². The average molecular weight is 370 g/mol. The van der Waals surface area contributed by atoms with E-state index in [2.05, 4.69) is 11.4 Å². The zero-order valence-electron chi connectivity index (χ0n) is 16.0. The van der Waals surface area contributed by atoms with Gasteiger partial charge in [0.2, 0.25) is 0 Å². The second kappa shape index (κ2) is 7.31. The van der Waals surface area contributed by atoms with Crippen LogP contribution in [-0.2, 0) is 6.42 Å². The molecule has 1 aliphatic rings. The molecule has 0 radical (unpaired) electrons. The van der Waals surface area contributed by atoms with Crippen LogP contribution in [0.4, 0.5) is 11.4 Å². The summed E-state index contributed by atoms with van der Waals surface area (Å²) >= 11 is 0. The Kier molecular flexibility index (Phi) is 4.70. The van der Waals surface area contributed by atoms with Crippen molar-refractivity contribution in [1.82, 2.24) is 0 Å². The van der Waals surface area contributed by atoms with E-state index in [1.165, 1.54) is 5.56 Å². The molecule has 140 valence electrons. The van der Waals surface area contributed by atoms with E-state index >= 15 is 0 Å². The Labute approximate surface area is 164 Å². The van der Waals surface area contributed by atoms with Gasteiger partial charge in [0.05, 0.1) is 0 Å². The number of rotatable bonds is 3. The van der Waals surface area contributed by atoms with E-state index in [4.69, 9.17) is 0 Å². The molecule has 0 atom stereocenters. The van der Waals surface area contributed by atoms with E-state index in [0.717, 1.165) is 23.2 Å². The first-order valence-electron chi connectivity index (χ1n) is 9.41. The molecule has 3 aromatic carbocycles. The second-order valence-corrected chi connectivity index (χ2v) is 7.17. The summed E-state index contributed by atoms with van der Waals surface area (Å²) < 4.78 is 0. The normalized spacial score (nSPS) is 12.6. The first-order valence-corrected chi connectivity index (χ1v) is 9.41. The van der Waals surface area contributed by atoms with Gasteiger partial charge in [-0.25, -0.2) is 0 Å². The molecule has 3 aromatic rings. The van der Waals surface area contributed by atoms with Gasteiger partial charge in [-0.1, -0.05) is 24.3 Å². The molecule has 0 aliphatic carbocycles. The van der Waals surface area contributed by atoms with Gasteiger partial charge in [-0.15, -0.1) is 0 Å². The summed E-state index contributed by atoms with van der Waals surface area (Å²) in [5, 5.41) is 2.89. The maximum Gasteiger partial charge on any atom is 0.258 e. The molecule has 4 nitrogen and oxygen atoms in total. The van der Waals surface area contributed by atoms with Gasteiger partial charge in [0.15, 0.2) is 0 Å². The molecule has 1 N–H and O–H groups in total. The summed E-state index contributed by atoms with van der Waals surface area (Å²) in [7, 11) is 0. The third-order valence-electron chi connectivity index (χ3n) is 5.29. The Balaban J connectivity index is 1.47. The number of nitrogens with one attached hydrogen (secondary N) is 1. The van der Waals surface area contributed by atoms with Crippen molar-refractivity contribution >= 4 is 23.2 Å². The Morgan fingerprint density at radius 2 is 1.57 bits per heavy atom. The van der Waals surface area contributed by atoms with Gasteiger partial charge in [0, 0.05) is 29.0 Å². The van der Waals surface area contributed by atoms with E-state index in [1.807, 2.05) is 55.1 Å². The van der Waals surface area contributed by atoms with Crippen LogP contribution in [0.5, 0.6) is 0 Å². The third-order valence-corrected chi connectivity index (χ3v) is 5.29. The lowest BCUT2D eigenvalue weighted by Gasteiger charge is -2.17. The molecule has 0 spiro atoms. The van der Waals surface area contributed by atoms with Gasteiger partial charge in [-0.2, -0.15) is 0 Å². The Bertz CT molecular complexity index is 1050. The van der Waals surface area contributed by atoms with Gasteiger partial charge in [0.1, 0.15) is 0 Å². The number of carbonyl (C=O) groups is 2. The number of carbonyl (C=O) groups excluding carboxylic acids is 2. The van der Waals surface area contributed by atoms with Crippen LogP contribution in [0.25, 0.3) is 0 Å². The van der Waals surface area contributed by atoms with Crippen LogP contribution >= 0.6 is 0 Å². The highest BCUT2D eigenvalue weighted by molar-refractivity contribution is 6.08. The first-order chi connectivity index (χ1) is 13.5. The van der Waals surface area contributed by atoms with Crippen molar-refractivity contribution in [2.45, 2.75) is 20.3 Å². The average Bonchev–Trinajstić information content (AvgIpc) is 3.14. The van der Waals surface area contributed by atoms with Crippen molar-refractivity contribution in [3.8, 4) is 0 Å². The molecule has 0 aromatic heterocycles. The van der Waals surface area contributed by atoms with Crippen LogP contribution in [0.1, 0.15) is 37.4 Å². The quantitative estimate of drug-likeness (QED) is 0.723. The van der Waals surface area contributed by atoms with E-state index in [9.17, 15) is 9.59 Å². The summed E-state index contributed by atoms with van der Waals surface area (Å²) in [6.45, 7) is 4.71. The lowest BCUT2D eigenvalue weighted by atomic mass is 10.1. The predicted molar refractivity (Wildman–Crippen MR) is 112 cm³/mol. The minimum atomic E-state index is -0.157. The number of amides is 2. The zero-order valence-corrected chi connectivity index (χ0v) is 16.0. The SMILES string of the molecule is Cc1ccc(C(=O)Nc2ccc(C(=O)N3CCc4ccccc43)cc2)cc1C. The molecular formula is C24H22N2O2. The van der Waals surface area contributed by atoms with E-state index in [1.54, 1.807) is 24.3 Å². The van der Waals surface area contributed by atoms with Crippen LogP contribution in [0.15, 0.2) is 66.7 Å². The van der Waals surface area contributed by atoms with Gasteiger partial charge < -0.3 is 10.2 Å². The second-order valence-electron chi connectivity index (χ2n) is 7.17. The number of benzene rings is 3. The van der Waals surface area contributed by atoms with Crippen molar-refractivity contribution in [3.63, 3.8) is 0 Å². The van der Waals surface area contributed by atoms with E-state index < -0.39 is 0 Å². The van der Waals surface area contributed by atoms with E-state index in [0.29, 0.717) is 23.4 Å². The first kappa shape index (κ1) is 18.0. The largest absolute Gasteiger partial charge is 0.322 e. The number of anilines is 2. The van der Waals surface area contributed by atoms with Crippen molar-refractivity contribution < 1.29 is 9.59 Å². The fourth-order valence-corrected chi connectivity index (χ4v) is 3.49. The molecular weight excluding hydrogens is 348 g/mol. The van der Waals surface area contributed by atoms with Crippen LogP contribution in [0, 0.1) is 13.8 Å². The highest BCUT2D eigenvalue weighted by atomic mass is 16.2. The van der Waals surface area contributed by atoms with Crippen LogP contribution in [-0.4, -0.2) is 18.4 Å².